The van der Waals surface area contributed by atoms with Crippen molar-refractivity contribution in [1.29, 1.82) is 0 Å². The van der Waals surface area contributed by atoms with Crippen LogP contribution in [-0.2, 0) is 0 Å². The maximum Gasteiger partial charge on any atom is 0.364 e. The van der Waals surface area contributed by atoms with Gasteiger partial charge in [0.15, 0.2) is 5.65 Å². The van der Waals surface area contributed by atoms with Crippen LogP contribution in [0.3, 0.4) is 0 Å². The highest BCUT2D eigenvalue weighted by Gasteiger charge is 2.04. The number of rotatable bonds is 3. The van der Waals surface area contributed by atoms with Gasteiger partial charge in [-0.2, -0.15) is 9.61 Å². The van der Waals surface area contributed by atoms with Gasteiger partial charge >= 0.3 is 5.69 Å². The first-order valence-electron chi connectivity index (χ1n) is 4.62. The molecule has 2 aromatic heterocycles. The average Bonchev–Trinajstić information content (AvgIpc) is 2.60. The third-order valence-corrected chi connectivity index (χ3v) is 2.02. The van der Waals surface area contributed by atoms with Crippen LogP contribution in [-0.4, -0.2) is 32.4 Å². The monoisotopic (exact) mass is 208 g/mol. The van der Waals surface area contributed by atoms with Crippen molar-refractivity contribution in [2.24, 2.45) is 5.73 Å². The molecule has 2 aromatic rings. The van der Waals surface area contributed by atoms with Gasteiger partial charge in [0.25, 0.3) is 0 Å². The summed E-state index contributed by atoms with van der Waals surface area (Å²) in [5, 5.41) is 13.2. The highest BCUT2D eigenvalue weighted by Crippen LogP contribution is 2.03. The molecular weight excluding hydrogens is 196 g/mol. The molecule has 80 valence electrons. The number of nitrogens with one attached hydrogen (secondary N) is 2. The molecule has 0 aliphatic rings. The Bertz CT molecular complexity index is 515. The van der Waals surface area contributed by atoms with Gasteiger partial charge in [-0.1, -0.05) is 0 Å². The Labute approximate surface area is 85.3 Å². The summed E-state index contributed by atoms with van der Waals surface area (Å²) < 4.78 is 1.20. The molecule has 0 aliphatic heterocycles. The first-order chi connectivity index (χ1) is 7.20. The molecule has 2 heterocycles. The molecule has 0 spiro atoms. The van der Waals surface area contributed by atoms with Gasteiger partial charge in [0.05, 0.1) is 0 Å². The largest absolute Gasteiger partial charge is 0.365 e. The van der Waals surface area contributed by atoms with Crippen molar-refractivity contribution in [2.45, 2.75) is 13.0 Å². The smallest absolute Gasteiger partial charge is 0.364 e. The summed E-state index contributed by atoms with van der Waals surface area (Å²) in [6, 6.07) is 3.57. The fraction of sp³-hybridized carbons (Fsp3) is 0.375. The van der Waals surface area contributed by atoms with Gasteiger partial charge in [0.1, 0.15) is 5.82 Å². The SMILES string of the molecule is CC(CN)Nc1ccc2n[nH]c(=O)n2n1. The number of hydrogen-bond donors (Lipinski definition) is 3. The van der Waals surface area contributed by atoms with Crippen LogP contribution in [0, 0.1) is 0 Å². The Balaban J connectivity index is 2.37. The minimum Gasteiger partial charge on any atom is -0.365 e. The minimum atomic E-state index is -0.353. The van der Waals surface area contributed by atoms with E-state index in [1.54, 1.807) is 12.1 Å². The third-order valence-electron chi connectivity index (χ3n) is 2.02. The van der Waals surface area contributed by atoms with Crippen LogP contribution in [0.25, 0.3) is 5.65 Å². The topological polar surface area (TPSA) is 101 Å². The molecule has 1 atom stereocenters. The molecule has 0 saturated carbocycles. The van der Waals surface area contributed by atoms with Crippen molar-refractivity contribution in [3.8, 4) is 0 Å². The van der Waals surface area contributed by atoms with Crippen LogP contribution in [0.4, 0.5) is 5.82 Å². The quantitative estimate of drug-likeness (QED) is 0.611. The van der Waals surface area contributed by atoms with Crippen molar-refractivity contribution in [1.82, 2.24) is 19.8 Å². The number of anilines is 1. The molecule has 7 heteroatoms. The number of fused-ring (bicyclic) bond motifs is 1. The van der Waals surface area contributed by atoms with Crippen molar-refractivity contribution in [3.63, 3.8) is 0 Å². The molecule has 0 radical (unpaired) electrons. The summed E-state index contributed by atoms with van der Waals surface area (Å²) in [5.74, 6) is 0.601. The highest BCUT2D eigenvalue weighted by molar-refractivity contribution is 5.43. The zero-order valence-corrected chi connectivity index (χ0v) is 8.27. The predicted octanol–water partition coefficient (Wildman–Crippen LogP) is -0.823. The summed E-state index contributed by atoms with van der Waals surface area (Å²) in [7, 11) is 0. The lowest BCUT2D eigenvalue weighted by molar-refractivity contribution is 0.782. The fourth-order valence-corrected chi connectivity index (χ4v) is 1.19. The number of aromatic amines is 1. The van der Waals surface area contributed by atoms with Crippen molar-refractivity contribution < 1.29 is 0 Å². The van der Waals surface area contributed by atoms with E-state index < -0.39 is 0 Å². The summed E-state index contributed by atoms with van der Waals surface area (Å²) in [6.45, 7) is 2.43. The van der Waals surface area contributed by atoms with E-state index in [2.05, 4.69) is 20.6 Å². The summed E-state index contributed by atoms with van der Waals surface area (Å²) in [5.41, 5.74) is 5.60. The Morgan fingerprint density at radius 2 is 2.47 bits per heavy atom. The van der Waals surface area contributed by atoms with Gasteiger partial charge in [-0.05, 0) is 19.1 Å². The van der Waals surface area contributed by atoms with Gasteiger partial charge in [-0.15, -0.1) is 5.10 Å². The maximum atomic E-state index is 11.2. The number of hydrogen-bond acceptors (Lipinski definition) is 5. The van der Waals surface area contributed by atoms with Gasteiger partial charge in [-0.25, -0.2) is 9.89 Å². The molecule has 0 aromatic carbocycles. The molecule has 7 nitrogen and oxygen atoms in total. The summed E-state index contributed by atoms with van der Waals surface area (Å²) in [6.07, 6.45) is 0. The van der Waals surface area contributed by atoms with E-state index >= 15 is 0 Å². The summed E-state index contributed by atoms with van der Waals surface area (Å²) >= 11 is 0. The number of nitrogens with two attached hydrogens (primary N) is 1. The van der Waals surface area contributed by atoms with Crippen molar-refractivity contribution in [3.05, 3.63) is 22.6 Å². The van der Waals surface area contributed by atoms with Crippen LogP contribution in [0.5, 0.6) is 0 Å². The van der Waals surface area contributed by atoms with Gasteiger partial charge in [0, 0.05) is 12.6 Å². The van der Waals surface area contributed by atoms with Gasteiger partial charge < -0.3 is 11.1 Å². The van der Waals surface area contributed by atoms with E-state index in [4.69, 9.17) is 5.73 Å². The number of H-pyrrole nitrogens is 1. The van der Waals surface area contributed by atoms with Crippen LogP contribution in [0.2, 0.25) is 0 Å². The molecule has 1 unspecified atom stereocenters. The van der Waals surface area contributed by atoms with Crippen LogP contribution < -0.4 is 16.7 Å². The molecule has 2 rings (SSSR count). The van der Waals surface area contributed by atoms with Crippen molar-refractivity contribution >= 4 is 11.5 Å². The fourth-order valence-electron chi connectivity index (χ4n) is 1.19. The Morgan fingerprint density at radius 1 is 1.67 bits per heavy atom. The lowest BCUT2D eigenvalue weighted by Crippen LogP contribution is -2.26. The Hall–Kier alpha value is -1.89. The summed E-state index contributed by atoms with van der Waals surface area (Å²) in [4.78, 5) is 11.2. The van der Waals surface area contributed by atoms with E-state index in [0.717, 1.165) is 0 Å². The average molecular weight is 208 g/mol. The van der Waals surface area contributed by atoms with E-state index in [9.17, 15) is 4.79 Å². The standard InChI is InChI=1S/C8H12N6O/c1-5(4-9)10-6-2-3-7-11-12-8(15)14(7)13-6/h2-3,5H,4,9H2,1H3,(H,10,13)(H,12,15). The molecule has 15 heavy (non-hydrogen) atoms. The second-order valence-corrected chi connectivity index (χ2v) is 3.30. The second kappa shape index (κ2) is 3.70. The van der Waals surface area contributed by atoms with Gasteiger partial charge in [0.2, 0.25) is 0 Å². The molecule has 0 aliphatic carbocycles. The Morgan fingerprint density at radius 3 is 3.20 bits per heavy atom. The predicted molar refractivity (Wildman–Crippen MR) is 55.7 cm³/mol. The van der Waals surface area contributed by atoms with Crippen molar-refractivity contribution in [2.75, 3.05) is 11.9 Å². The molecule has 0 amide bonds. The Kier molecular flexibility index (Phi) is 2.38. The third kappa shape index (κ3) is 1.82. The maximum absolute atomic E-state index is 11.2. The first kappa shape index (κ1) is 9.66. The molecular formula is C8H12N6O. The molecule has 0 fully saturated rings. The lowest BCUT2D eigenvalue weighted by atomic mass is 10.3. The van der Waals surface area contributed by atoms with E-state index in [-0.39, 0.29) is 11.7 Å². The lowest BCUT2D eigenvalue weighted by Gasteiger charge is -2.10. The van der Waals surface area contributed by atoms with Crippen LogP contribution in [0.1, 0.15) is 6.92 Å². The number of aromatic nitrogens is 4. The molecule has 0 saturated heterocycles. The zero-order valence-electron chi connectivity index (χ0n) is 8.27. The van der Waals surface area contributed by atoms with E-state index in [1.807, 2.05) is 6.92 Å². The molecule has 4 N–H and O–H groups in total. The van der Waals surface area contributed by atoms with E-state index in [1.165, 1.54) is 4.52 Å². The van der Waals surface area contributed by atoms with E-state index in [0.29, 0.717) is 18.0 Å². The van der Waals surface area contributed by atoms with Crippen LogP contribution >= 0.6 is 0 Å². The van der Waals surface area contributed by atoms with Gasteiger partial charge in [-0.3, -0.25) is 0 Å². The second-order valence-electron chi connectivity index (χ2n) is 3.30. The highest BCUT2D eigenvalue weighted by atomic mass is 16.2. The minimum absolute atomic E-state index is 0.109. The van der Waals surface area contributed by atoms with Crippen LogP contribution in [0.15, 0.2) is 16.9 Å². The normalized spacial score (nSPS) is 12.9. The number of nitrogens with zero attached hydrogens (tertiary/aromatic N) is 3. The first-order valence-corrected chi connectivity index (χ1v) is 4.62. The zero-order chi connectivity index (χ0) is 10.8. The molecule has 0 bridgehead atoms.